The summed E-state index contributed by atoms with van der Waals surface area (Å²) in [5, 5.41) is 18.8. The summed E-state index contributed by atoms with van der Waals surface area (Å²) in [6, 6.07) is 12.1. The van der Waals surface area contributed by atoms with Gasteiger partial charge in [-0.2, -0.15) is 14.7 Å². The molecule has 0 aliphatic rings. The van der Waals surface area contributed by atoms with E-state index in [1.165, 1.54) is 11.3 Å². The van der Waals surface area contributed by atoms with Gasteiger partial charge in [-0.05, 0) is 18.4 Å². The first kappa shape index (κ1) is 15.0. The molecule has 0 unspecified atom stereocenters. The van der Waals surface area contributed by atoms with E-state index in [-0.39, 0.29) is 0 Å². The maximum Gasteiger partial charge on any atom is 0.235 e. The van der Waals surface area contributed by atoms with Crippen LogP contribution in [0.25, 0.3) is 27.1 Å². The van der Waals surface area contributed by atoms with E-state index in [2.05, 4.69) is 35.2 Å². The lowest BCUT2D eigenvalue weighted by Gasteiger charge is -1.98. The summed E-state index contributed by atoms with van der Waals surface area (Å²) in [7, 11) is 1.96. The minimum absolute atomic E-state index is 0.579. The number of rotatable bonds is 4. The summed E-state index contributed by atoms with van der Waals surface area (Å²) >= 11 is 1.53. The summed E-state index contributed by atoms with van der Waals surface area (Å²) in [5.74, 6) is 1.34. The molecule has 1 aromatic carbocycles. The van der Waals surface area contributed by atoms with Crippen molar-refractivity contribution in [3.8, 4) is 22.1 Å². The molecule has 0 spiro atoms. The van der Waals surface area contributed by atoms with Gasteiger partial charge in [0.25, 0.3) is 0 Å². The second-order valence-corrected chi connectivity index (χ2v) is 7.19. The molecule has 4 rings (SSSR count). The zero-order chi connectivity index (χ0) is 16.7. The van der Waals surface area contributed by atoms with Gasteiger partial charge in [0.05, 0.1) is 11.4 Å². The van der Waals surface area contributed by atoms with E-state index < -0.39 is 0 Å². The summed E-state index contributed by atoms with van der Waals surface area (Å²) in [5.41, 5.74) is 3.12. The number of benzene rings is 1. The molecule has 6 nitrogen and oxygen atoms in total. The predicted molar refractivity (Wildman–Crippen MR) is 94.8 cm³/mol. The zero-order valence-corrected chi connectivity index (χ0v) is 14.7. The Morgan fingerprint density at radius 2 is 1.88 bits per heavy atom. The van der Waals surface area contributed by atoms with Crippen molar-refractivity contribution < 1.29 is 0 Å². The highest BCUT2D eigenvalue weighted by Gasteiger charge is 2.17. The van der Waals surface area contributed by atoms with Crippen molar-refractivity contribution in [2.75, 3.05) is 0 Å². The Kier molecular flexibility index (Phi) is 3.65. The molecule has 0 saturated heterocycles. The van der Waals surface area contributed by atoms with Gasteiger partial charge in [-0.3, -0.25) is 4.68 Å². The van der Waals surface area contributed by atoms with Gasteiger partial charge in [0.1, 0.15) is 0 Å². The number of nitrogens with zero attached hydrogens (tertiary/aromatic N) is 6. The lowest BCUT2D eigenvalue weighted by Crippen LogP contribution is -1.97. The van der Waals surface area contributed by atoms with Crippen LogP contribution in [0.2, 0.25) is 0 Å². The van der Waals surface area contributed by atoms with Crippen molar-refractivity contribution in [1.29, 1.82) is 0 Å². The number of aromatic nitrogens is 6. The lowest BCUT2D eigenvalue weighted by molar-refractivity contribution is 0.621. The quantitative estimate of drug-likeness (QED) is 0.572. The van der Waals surface area contributed by atoms with E-state index in [0.717, 1.165) is 39.2 Å². The third-order valence-corrected chi connectivity index (χ3v) is 4.71. The maximum atomic E-state index is 4.72. The number of aryl methyl sites for hydroxylation is 1. The molecule has 122 valence electrons. The van der Waals surface area contributed by atoms with Crippen LogP contribution in [0.3, 0.4) is 0 Å². The summed E-state index contributed by atoms with van der Waals surface area (Å²) in [6.45, 7) is 4.40. The summed E-state index contributed by atoms with van der Waals surface area (Å²) < 4.78 is 3.70. The molecule has 0 atom stereocenters. The van der Waals surface area contributed by atoms with Crippen molar-refractivity contribution in [2.24, 2.45) is 13.0 Å². The van der Waals surface area contributed by atoms with Gasteiger partial charge in [-0.1, -0.05) is 55.5 Å². The van der Waals surface area contributed by atoms with Crippen molar-refractivity contribution in [1.82, 2.24) is 29.6 Å². The topological polar surface area (TPSA) is 60.9 Å². The Balaban J connectivity index is 1.77. The summed E-state index contributed by atoms with van der Waals surface area (Å²) in [6.07, 6.45) is 0.965. The van der Waals surface area contributed by atoms with Crippen LogP contribution in [0.1, 0.15) is 19.5 Å². The molecular formula is C17H18N6S. The molecule has 7 heteroatoms. The molecule has 0 saturated carbocycles. The molecule has 0 amide bonds. The first-order chi connectivity index (χ1) is 11.6. The second kappa shape index (κ2) is 5.83. The SMILES string of the molecule is CC(C)Cc1cc(-c2nn3c(-c4ccccc4)nnc3s2)n(C)n1. The van der Waals surface area contributed by atoms with E-state index in [1.54, 1.807) is 0 Å². The minimum atomic E-state index is 0.579. The van der Waals surface area contributed by atoms with Gasteiger partial charge in [-0.15, -0.1) is 10.2 Å². The molecule has 0 fully saturated rings. The van der Waals surface area contributed by atoms with E-state index in [9.17, 15) is 0 Å². The molecule has 0 radical (unpaired) electrons. The van der Waals surface area contributed by atoms with Crippen molar-refractivity contribution in [2.45, 2.75) is 20.3 Å². The number of fused-ring (bicyclic) bond motifs is 1. The summed E-state index contributed by atoms with van der Waals surface area (Å²) in [4.78, 5) is 0.787. The van der Waals surface area contributed by atoms with Gasteiger partial charge in [0.15, 0.2) is 10.8 Å². The van der Waals surface area contributed by atoms with Crippen LogP contribution < -0.4 is 0 Å². The third-order valence-electron chi connectivity index (χ3n) is 3.79. The van der Waals surface area contributed by atoms with Crippen LogP contribution in [0.4, 0.5) is 0 Å². The standard InChI is InChI=1S/C17H18N6S/c1-11(2)9-13-10-14(22(3)20-13)16-21-23-15(18-19-17(23)24-16)12-7-5-4-6-8-12/h4-8,10-11H,9H2,1-3H3. The Morgan fingerprint density at radius 1 is 1.08 bits per heavy atom. The van der Waals surface area contributed by atoms with Crippen LogP contribution in [0, 0.1) is 5.92 Å². The smallest absolute Gasteiger partial charge is 0.235 e. The van der Waals surface area contributed by atoms with Gasteiger partial charge >= 0.3 is 0 Å². The normalized spacial score (nSPS) is 11.7. The fourth-order valence-electron chi connectivity index (χ4n) is 2.73. The van der Waals surface area contributed by atoms with Crippen LogP contribution in [-0.4, -0.2) is 29.6 Å². The van der Waals surface area contributed by atoms with Gasteiger partial charge in [0, 0.05) is 12.6 Å². The van der Waals surface area contributed by atoms with Crippen LogP contribution in [-0.2, 0) is 13.5 Å². The average molecular weight is 338 g/mol. The van der Waals surface area contributed by atoms with Crippen LogP contribution in [0.5, 0.6) is 0 Å². The number of hydrogen-bond donors (Lipinski definition) is 0. The van der Waals surface area contributed by atoms with Gasteiger partial charge < -0.3 is 0 Å². The first-order valence-corrected chi connectivity index (χ1v) is 8.74. The van der Waals surface area contributed by atoms with Crippen molar-refractivity contribution in [3.63, 3.8) is 0 Å². The van der Waals surface area contributed by atoms with Gasteiger partial charge in [0.2, 0.25) is 4.96 Å². The molecule has 0 aliphatic carbocycles. The third kappa shape index (κ3) is 2.60. The van der Waals surface area contributed by atoms with Crippen molar-refractivity contribution >= 4 is 16.3 Å². The molecular weight excluding hydrogens is 320 g/mol. The van der Waals surface area contributed by atoms with E-state index in [0.29, 0.717) is 5.92 Å². The zero-order valence-electron chi connectivity index (χ0n) is 13.8. The van der Waals surface area contributed by atoms with E-state index in [4.69, 9.17) is 5.10 Å². The highest BCUT2D eigenvalue weighted by atomic mass is 32.1. The highest BCUT2D eigenvalue weighted by Crippen LogP contribution is 2.28. The molecule has 24 heavy (non-hydrogen) atoms. The molecule has 3 aromatic heterocycles. The Morgan fingerprint density at radius 3 is 2.62 bits per heavy atom. The minimum Gasteiger partial charge on any atom is -0.265 e. The highest BCUT2D eigenvalue weighted by molar-refractivity contribution is 7.19. The largest absolute Gasteiger partial charge is 0.265 e. The molecule has 0 N–H and O–H groups in total. The van der Waals surface area contributed by atoms with E-state index >= 15 is 0 Å². The maximum absolute atomic E-state index is 4.72. The number of hydrogen-bond acceptors (Lipinski definition) is 5. The van der Waals surface area contributed by atoms with Gasteiger partial charge in [-0.25, -0.2) is 0 Å². The van der Waals surface area contributed by atoms with E-state index in [1.807, 2.05) is 46.6 Å². The first-order valence-electron chi connectivity index (χ1n) is 7.93. The Hall–Kier alpha value is -2.54. The van der Waals surface area contributed by atoms with Crippen LogP contribution >= 0.6 is 11.3 Å². The molecule has 4 aromatic rings. The fourth-order valence-corrected chi connectivity index (χ4v) is 3.62. The Labute approximate surface area is 143 Å². The molecule has 0 aliphatic heterocycles. The fraction of sp³-hybridized carbons (Fsp3) is 0.294. The Bertz CT molecular complexity index is 979. The monoisotopic (exact) mass is 338 g/mol. The van der Waals surface area contributed by atoms with Crippen molar-refractivity contribution in [3.05, 3.63) is 42.1 Å². The second-order valence-electron chi connectivity index (χ2n) is 6.23. The molecule has 0 bridgehead atoms. The predicted octanol–water partition coefficient (Wildman–Crippen LogP) is 3.45. The lowest BCUT2D eigenvalue weighted by atomic mass is 10.1. The van der Waals surface area contributed by atoms with Crippen LogP contribution in [0.15, 0.2) is 36.4 Å². The molecule has 3 heterocycles. The average Bonchev–Trinajstić information content (AvgIpc) is 3.21.